The van der Waals surface area contributed by atoms with Gasteiger partial charge in [0.15, 0.2) is 0 Å². The van der Waals surface area contributed by atoms with Crippen LogP contribution in [0, 0.1) is 12.8 Å². The molecule has 2 N–H and O–H groups in total. The molecule has 1 saturated carbocycles. The number of imidazole rings is 1. The van der Waals surface area contributed by atoms with Gasteiger partial charge < -0.3 is 10.2 Å². The van der Waals surface area contributed by atoms with Gasteiger partial charge in [0.1, 0.15) is 17.4 Å². The Morgan fingerprint density at radius 3 is 2.37 bits per heavy atom. The van der Waals surface area contributed by atoms with Gasteiger partial charge in [-0.1, -0.05) is 12.1 Å². The summed E-state index contributed by atoms with van der Waals surface area (Å²) in [5, 5.41) is 10.9. The van der Waals surface area contributed by atoms with Crippen molar-refractivity contribution in [2.24, 2.45) is 13.0 Å². The number of piperazine rings is 1. The van der Waals surface area contributed by atoms with Gasteiger partial charge >= 0.3 is 11.9 Å². The molecule has 3 saturated heterocycles. The molecule has 3 unspecified atom stereocenters. The quantitative estimate of drug-likeness (QED) is 0.200. The average molecular weight is 784 g/mol. The number of pyridine rings is 1. The lowest BCUT2D eigenvalue weighted by atomic mass is 9.85. The molecule has 9 rings (SSSR count). The third-order valence-electron chi connectivity index (χ3n) is 12.5. The molecular formula is C41H44F3N9O4. The molecule has 13 nitrogen and oxygen atoms in total. The van der Waals surface area contributed by atoms with E-state index in [0.29, 0.717) is 35.6 Å². The van der Waals surface area contributed by atoms with E-state index in [2.05, 4.69) is 31.5 Å². The molecule has 298 valence electrons. The second-order valence-electron chi connectivity index (χ2n) is 16.2. The number of rotatable bonds is 7. The summed E-state index contributed by atoms with van der Waals surface area (Å²) in [7, 11) is 1.76. The third-order valence-corrected chi connectivity index (χ3v) is 12.5. The number of carbonyl (C=O) groups is 3. The largest absolute Gasteiger partial charge is 0.433 e. The van der Waals surface area contributed by atoms with E-state index in [1.165, 1.54) is 12.1 Å². The van der Waals surface area contributed by atoms with Crippen LogP contribution >= 0.6 is 0 Å². The molecule has 3 atom stereocenters. The van der Waals surface area contributed by atoms with Crippen molar-refractivity contribution in [3.63, 3.8) is 0 Å². The van der Waals surface area contributed by atoms with Crippen LogP contribution in [0.25, 0.3) is 21.9 Å². The average Bonchev–Trinajstić information content (AvgIpc) is 3.80. The Kier molecular flexibility index (Phi) is 9.21. The summed E-state index contributed by atoms with van der Waals surface area (Å²) in [5.41, 5.74) is 2.92. The second kappa shape index (κ2) is 14.1. The van der Waals surface area contributed by atoms with Gasteiger partial charge in [-0.15, -0.1) is 0 Å². The number of nitrogens with zero attached hydrogens (tertiary/aromatic N) is 7. The summed E-state index contributed by atoms with van der Waals surface area (Å²) in [6.07, 6.45) is 4.15. The number of nitrogens with one attached hydrogen (secondary N) is 2. The van der Waals surface area contributed by atoms with Gasteiger partial charge in [-0.25, -0.2) is 9.78 Å². The number of amides is 3. The number of aromatic nitrogens is 5. The molecule has 1 aliphatic carbocycles. The van der Waals surface area contributed by atoms with Crippen molar-refractivity contribution in [1.29, 1.82) is 0 Å². The maximum absolute atomic E-state index is 13.6. The van der Waals surface area contributed by atoms with Gasteiger partial charge in [0, 0.05) is 62.5 Å². The van der Waals surface area contributed by atoms with Crippen LogP contribution in [0.1, 0.15) is 85.2 Å². The number of hydrogen-bond acceptors (Lipinski definition) is 8. The van der Waals surface area contributed by atoms with Gasteiger partial charge in [-0.05, 0) is 99.7 Å². The van der Waals surface area contributed by atoms with Crippen molar-refractivity contribution in [3.05, 3.63) is 82.2 Å². The summed E-state index contributed by atoms with van der Waals surface area (Å²) >= 11 is 0. The highest BCUT2D eigenvalue weighted by molar-refractivity contribution is 6.04. The van der Waals surface area contributed by atoms with Crippen LogP contribution in [0.4, 0.5) is 24.5 Å². The zero-order valence-corrected chi connectivity index (χ0v) is 31.8. The molecule has 57 heavy (non-hydrogen) atoms. The number of piperidine rings is 1. The molecule has 0 spiro atoms. The molecule has 4 aliphatic rings. The first kappa shape index (κ1) is 37.1. The number of hydrogen-bond donors (Lipinski definition) is 2. The Morgan fingerprint density at radius 1 is 0.930 bits per heavy atom. The number of benzene rings is 2. The maximum atomic E-state index is 13.6. The zero-order valence-electron chi connectivity index (χ0n) is 31.8. The van der Waals surface area contributed by atoms with E-state index in [1.807, 2.05) is 42.1 Å². The molecule has 2 bridgehead atoms. The maximum Gasteiger partial charge on any atom is 0.433 e. The van der Waals surface area contributed by atoms with Crippen molar-refractivity contribution in [2.75, 3.05) is 29.9 Å². The lowest BCUT2D eigenvalue weighted by Crippen LogP contribution is -2.55. The van der Waals surface area contributed by atoms with Crippen molar-refractivity contribution in [2.45, 2.75) is 88.6 Å². The number of fused-ring (bicyclic) bond motifs is 4. The van der Waals surface area contributed by atoms with Crippen LogP contribution in [0.2, 0.25) is 0 Å². The van der Waals surface area contributed by atoms with Crippen LogP contribution in [0.5, 0.6) is 0 Å². The van der Waals surface area contributed by atoms with Crippen molar-refractivity contribution in [1.82, 2.24) is 34.1 Å². The number of anilines is 2. The summed E-state index contributed by atoms with van der Waals surface area (Å²) in [5.74, 6) is -0.887. The molecule has 4 fully saturated rings. The molecule has 3 aliphatic heterocycles. The van der Waals surface area contributed by atoms with Gasteiger partial charge in [-0.3, -0.25) is 38.4 Å². The molecule has 2 aromatic carbocycles. The van der Waals surface area contributed by atoms with Crippen LogP contribution in [-0.2, 0) is 22.8 Å². The summed E-state index contributed by atoms with van der Waals surface area (Å²) < 4.78 is 44.7. The number of para-hydroxylation sites is 1. The predicted octanol–water partition coefficient (Wildman–Crippen LogP) is 5.73. The number of carbonyl (C=O) groups excluding carboxylic acids is 3. The lowest BCUT2D eigenvalue weighted by molar-refractivity contribution is -0.141. The number of halogens is 3. The first-order chi connectivity index (χ1) is 27.3. The lowest BCUT2D eigenvalue weighted by Gasteiger charge is -2.44. The molecule has 5 aromatic rings. The molecule has 6 heterocycles. The van der Waals surface area contributed by atoms with E-state index < -0.39 is 29.7 Å². The van der Waals surface area contributed by atoms with Crippen molar-refractivity contribution in [3.8, 4) is 0 Å². The van der Waals surface area contributed by atoms with E-state index in [-0.39, 0.29) is 29.8 Å². The molecule has 0 radical (unpaired) electrons. The molecule has 3 amide bonds. The highest BCUT2D eigenvalue weighted by atomic mass is 19.4. The zero-order chi connectivity index (χ0) is 39.7. The second-order valence-corrected chi connectivity index (χ2v) is 16.2. The summed E-state index contributed by atoms with van der Waals surface area (Å²) in [6, 6.07) is 13.1. The SMILES string of the molecule is Cc1cc2nn([C@H]3CC[C@H](CN4CC5CCC(C4)N5c4cccc5c4n(C)c(=O)n5C4CCC(=O)NC4=O)CC3)cc2cc1NC(=O)c1cccc(C(F)(F)F)n1. The predicted molar refractivity (Wildman–Crippen MR) is 207 cm³/mol. The minimum Gasteiger partial charge on any atom is -0.361 e. The number of alkyl halides is 3. The fraction of sp³-hybridized carbons (Fsp3) is 0.463. The molecule has 3 aromatic heterocycles. The van der Waals surface area contributed by atoms with Crippen LogP contribution in [0.3, 0.4) is 0 Å². The van der Waals surface area contributed by atoms with Crippen LogP contribution in [-0.4, -0.2) is 78.2 Å². The van der Waals surface area contributed by atoms with Crippen LogP contribution < -0.4 is 21.2 Å². The van der Waals surface area contributed by atoms with Crippen LogP contribution in [0.15, 0.2) is 59.5 Å². The Labute approximate surface area is 325 Å². The normalized spacial score (nSPS) is 24.4. The van der Waals surface area contributed by atoms with E-state index in [9.17, 15) is 32.3 Å². The Morgan fingerprint density at radius 2 is 1.65 bits per heavy atom. The van der Waals surface area contributed by atoms with Gasteiger partial charge in [0.05, 0.1) is 28.3 Å². The van der Waals surface area contributed by atoms with E-state index in [4.69, 9.17) is 5.10 Å². The Bertz CT molecular complexity index is 2470. The molecular weight excluding hydrogens is 740 g/mol. The first-order valence-electron chi connectivity index (χ1n) is 19.7. The van der Waals surface area contributed by atoms with E-state index in [0.717, 1.165) is 91.9 Å². The monoisotopic (exact) mass is 783 g/mol. The first-order valence-corrected chi connectivity index (χ1v) is 19.7. The fourth-order valence-electron chi connectivity index (χ4n) is 9.77. The molecule has 16 heteroatoms. The van der Waals surface area contributed by atoms with E-state index in [1.54, 1.807) is 16.2 Å². The Balaban J connectivity index is 0.836. The summed E-state index contributed by atoms with van der Waals surface area (Å²) in [4.78, 5) is 59.7. The Hall–Kier alpha value is -5.51. The number of imide groups is 1. The van der Waals surface area contributed by atoms with Crippen molar-refractivity contribution < 1.29 is 27.6 Å². The highest BCUT2D eigenvalue weighted by Crippen LogP contribution is 2.41. The minimum atomic E-state index is -4.65. The van der Waals surface area contributed by atoms with Crippen molar-refractivity contribution >= 4 is 51.0 Å². The highest BCUT2D eigenvalue weighted by Gasteiger charge is 2.42. The third kappa shape index (κ3) is 6.76. The fourth-order valence-corrected chi connectivity index (χ4v) is 9.77. The van der Waals surface area contributed by atoms with Gasteiger partial charge in [-0.2, -0.15) is 18.3 Å². The smallest absolute Gasteiger partial charge is 0.361 e. The number of aryl methyl sites for hydroxylation is 2. The topological polar surface area (TPSA) is 139 Å². The number of likely N-dealkylation sites (tertiary alicyclic amines) is 1. The van der Waals surface area contributed by atoms with E-state index >= 15 is 0 Å². The standard InChI is InChI=1S/C41H44F3N9O4/c1-23-17-31-25(18-30(23)46-38(55)29-5-3-8-35(45-29)41(42,43)44)20-51(48-31)26-11-9-24(10-12-26)19-50-21-27-13-14-28(22-50)52(27)32-6-4-7-33-37(32)49(2)40(57)53(33)34-15-16-36(54)47-39(34)56/h3-8,17-18,20,24,26-28,34H,9-16,19,21-22H2,1-2H3,(H,46,55)(H,47,54,56)/t24-,26-,27?,28?,34?. The summed E-state index contributed by atoms with van der Waals surface area (Å²) in [6.45, 7) is 4.75. The minimum absolute atomic E-state index is 0.202. The van der Waals surface area contributed by atoms with Gasteiger partial charge in [0.25, 0.3) is 5.91 Å². The van der Waals surface area contributed by atoms with Gasteiger partial charge in [0.2, 0.25) is 11.8 Å².